The zero-order valence-electron chi connectivity index (χ0n) is 11.0. The lowest BCUT2D eigenvalue weighted by atomic mass is 10.1. The molecule has 108 valence electrons. The van der Waals surface area contributed by atoms with Gasteiger partial charge in [0.25, 0.3) is 6.43 Å². The number of hydrogen-bond donors (Lipinski definition) is 1. The molecule has 1 rings (SSSR count). The van der Waals surface area contributed by atoms with E-state index in [-0.39, 0.29) is 6.54 Å². The molecule has 0 fully saturated rings. The third-order valence-electron chi connectivity index (χ3n) is 2.91. The predicted molar refractivity (Wildman–Crippen MR) is 65.3 cm³/mol. The number of carbonyl (C=O) groups is 1. The molecule has 5 nitrogen and oxygen atoms in total. The fraction of sp³-hybridized carbons (Fsp3) is 0.750. The van der Waals surface area contributed by atoms with E-state index in [0.717, 1.165) is 30.4 Å². The van der Waals surface area contributed by atoms with E-state index >= 15 is 0 Å². The summed E-state index contributed by atoms with van der Waals surface area (Å²) in [6.45, 7) is 2.41. The number of carboxylic acid groups (broad SMARTS) is 1. The first-order chi connectivity index (χ1) is 9.07. The fourth-order valence-corrected chi connectivity index (χ4v) is 1.90. The summed E-state index contributed by atoms with van der Waals surface area (Å²) in [7, 11) is 0. The van der Waals surface area contributed by atoms with Gasteiger partial charge in [-0.25, -0.2) is 18.3 Å². The van der Waals surface area contributed by atoms with E-state index in [1.807, 2.05) is 0 Å². The SMILES string of the molecule is CCCCCCCCn1nnc(C(=O)O)c1C(F)F. The Kier molecular flexibility index (Phi) is 6.38. The van der Waals surface area contributed by atoms with Crippen LogP contribution in [-0.4, -0.2) is 26.1 Å². The van der Waals surface area contributed by atoms with E-state index in [0.29, 0.717) is 6.42 Å². The average molecular weight is 275 g/mol. The van der Waals surface area contributed by atoms with E-state index in [2.05, 4.69) is 17.2 Å². The maximum absolute atomic E-state index is 12.8. The second-order valence-electron chi connectivity index (χ2n) is 4.42. The molecule has 1 heterocycles. The Hall–Kier alpha value is -1.53. The van der Waals surface area contributed by atoms with E-state index in [4.69, 9.17) is 5.11 Å². The Morgan fingerprint density at radius 1 is 1.26 bits per heavy atom. The molecule has 0 aliphatic heterocycles. The van der Waals surface area contributed by atoms with E-state index < -0.39 is 23.8 Å². The first-order valence-electron chi connectivity index (χ1n) is 6.52. The average Bonchev–Trinajstić information content (AvgIpc) is 2.77. The van der Waals surface area contributed by atoms with Crippen LogP contribution >= 0.6 is 0 Å². The van der Waals surface area contributed by atoms with Crippen molar-refractivity contribution in [2.24, 2.45) is 0 Å². The molecule has 1 aromatic rings. The van der Waals surface area contributed by atoms with Gasteiger partial charge in [0.2, 0.25) is 0 Å². The topological polar surface area (TPSA) is 68.0 Å². The third-order valence-corrected chi connectivity index (χ3v) is 2.91. The highest BCUT2D eigenvalue weighted by molar-refractivity contribution is 5.86. The first kappa shape index (κ1) is 15.5. The summed E-state index contributed by atoms with van der Waals surface area (Å²) in [5, 5.41) is 15.5. The molecular formula is C12H19F2N3O2. The van der Waals surface area contributed by atoms with E-state index in [1.54, 1.807) is 0 Å². The summed E-state index contributed by atoms with van der Waals surface area (Å²) in [5.74, 6) is -1.47. The number of aromatic carboxylic acids is 1. The van der Waals surface area contributed by atoms with Crippen molar-refractivity contribution in [1.82, 2.24) is 15.0 Å². The molecule has 0 saturated heterocycles. The second-order valence-corrected chi connectivity index (χ2v) is 4.42. The normalized spacial score (nSPS) is 11.2. The van der Waals surface area contributed by atoms with Crippen LogP contribution in [0.2, 0.25) is 0 Å². The molecular weight excluding hydrogens is 256 g/mol. The molecule has 0 amide bonds. The second kappa shape index (κ2) is 7.81. The largest absolute Gasteiger partial charge is 0.476 e. The fourth-order valence-electron chi connectivity index (χ4n) is 1.90. The van der Waals surface area contributed by atoms with Gasteiger partial charge in [0, 0.05) is 6.54 Å². The highest BCUT2D eigenvalue weighted by Crippen LogP contribution is 2.22. The van der Waals surface area contributed by atoms with Crippen molar-refractivity contribution in [3.63, 3.8) is 0 Å². The minimum absolute atomic E-state index is 0.284. The molecule has 7 heteroatoms. The third kappa shape index (κ3) is 4.57. The lowest BCUT2D eigenvalue weighted by molar-refractivity contribution is 0.0675. The zero-order valence-corrected chi connectivity index (χ0v) is 11.0. The maximum Gasteiger partial charge on any atom is 0.358 e. The predicted octanol–water partition coefficient (Wildman–Crippen LogP) is 3.27. The Labute approximate surface area is 110 Å². The van der Waals surface area contributed by atoms with Crippen molar-refractivity contribution in [3.05, 3.63) is 11.4 Å². The lowest BCUT2D eigenvalue weighted by Gasteiger charge is -2.06. The summed E-state index contributed by atoms with van der Waals surface area (Å²) >= 11 is 0. The Morgan fingerprint density at radius 2 is 1.89 bits per heavy atom. The molecule has 19 heavy (non-hydrogen) atoms. The molecule has 0 aliphatic carbocycles. The van der Waals surface area contributed by atoms with Crippen LogP contribution in [0.25, 0.3) is 0 Å². The van der Waals surface area contributed by atoms with Gasteiger partial charge < -0.3 is 5.11 Å². The van der Waals surface area contributed by atoms with Crippen LogP contribution in [-0.2, 0) is 6.54 Å². The molecule has 0 radical (unpaired) electrons. The summed E-state index contributed by atoms with van der Waals surface area (Å²) in [4.78, 5) is 10.7. The lowest BCUT2D eigenvalue weighted by Crippen LogP contribution is -2.09. The number of aryl methyl sites for hydroxylation is 1. The molecule has 1 N–H and O–H groups in total. The molecule has 0 aliphatic rings. The van der Waals surface area contributed by atoms with Gasteiger partial charge in [-0.15, -0.1) is 5.10 Å². The minimum Gasteiger partial charge on any atom is -0.476 e. The quantitative estimate of drug-likeness (QED) is 0.702. The minimum atomic E-state index is -2.87. The van der Waals surface area contributed by atoms with Crippen LogP contribution in [0, 0.1) is 0 Å². The van der Waals surface area contributed by atoms with Crippen molar-refractivity contribution < 1.29 is 18.7 Å². The highest BCUT2D eigenvalue weighted by Gasteiger charge is 2.25. The molecule has 0 aromatic carbocycles. The monoisotopic (exact) mass is 275 g/mol. The number of unbranched alkanes of at least 4 members (excludes halogenated alkanes) is 5. The van der Waals surface area contributed by atoms with Crippen LogP contribution in [0.15, 0.2) is 0 Å². The van der Waals surface area contributed by atoms with Crippen LogP contribution < -0.4 is 0 Å². The van der Waals surface area contributed by atoms with Gasteiger partial charge in [0.1, 0.15) is 5.69 Å². The van der Waals surface area contributed by atoms with Crippen LogP contribution in [0.4, 0.5) is 8.78 Å². The Balaban J connectivity index is 2.52. The molecule has 1 aromatic heterocycles. The number of hydrogen-bond acceptors (Lipinski definition) is 3. The van der Waals surface area contributed by atoms with Crippen LogP contribution in [0.3, 0.4) is 0 Å². The summed E-state index contributed by atoms with van der Waals surface area (Å²) in [5.41, 5.74) is -1.25. The molecule has 0 unspecified atom stereocenters. The molecule has 0 spiro atoms. The van der Waals surface area contributed by atoms with Gasteiger partial charge in [-0.3, -0.25) is 0 Å². The molecule has 0 atom stereocenters. The zero-order chi connectivity index (χ0) is 14.3. The number of halogens is 2. The van der Waals surface area contributed by atoms with E-state index in [1.165, 1.54) is 6.42 Å². The van der Waals surface area contributed by atoms with Crippen LogP contribution in [0.1, 0.15) is 68.1 Å². The smallest absolute Gasteiger partial charge is 0.358 e. The van der Waals surface area contributed by atoms with Gasteiger partial charge in [-0.2, -0.15) is 0 Å². The highest BCUT2D eigenvalue weighted by atomic mass is 19.3. The number of rotatable bonds is 9. The Bertz CT molecular complexity index is 408. The maximum atomic E-state index is 12.8. The van der Waals surface area contributed by atoms with Gasteiger partial charge in [-0.05, 0) is 6.42 Å². The summed E-state index contributed by atoms with van der Waals surface area (Å²) in [6, 6.07) is 0. The number of nitrogens with zero attached hydrogens (tertiary/aromatic N) is 3. The van der Waals surface area contributed by atoms with Crippen molar-refractivity contribution in [2.45, 2.75) is 58.4 Å². The molecule has 0 saturated carbocycles. The van der Waals surface area contributed by atoms with Crippen molar-refractivity contribution in [1.29, 1.82) is 0 Å². The van der Waals surface area contributed by atoms with Gasteiger partial charge >= 0.3 is 5.97 Å². The first-order valence-corrected chi connectivity index (χ1v) is 6.52. The van der Waals surface area contributed by atoms with Gasteiger partial charge in [0.05, 0.1) is 0 Å². The summed E-state index contributed by atoms with van der Waals surface area (Å²) in [6.07, 6.45) is 3.27. The van der Waals surface area contributed by atoms with Gasteiger partial charge in [0.15, 0.2) is 5.69 Å². The molecule has 0 bridgehead atoms. The van der Waals surface area contributed by atoms with Crippen molar-refractivity contribution in [3.8, 4) is 0 Å². The van der Waals surface area contributed by atoms with Crippen LogP contribution in [0.5, 0.6) is 0 Å². The van der Waals surface area contributed by atoms with Crippen molar-refractivity contribution in [2.75, 3.05) is 0 Å². The van der Waals surface area contributed by atoms with E-state index in [9.17, 15) is 13.6 Å². The van der Waals surface area contributed by atoms with Crippen molar-refractivity contribution >= 4 is 5.97 Å². The number of aromatic nitrogens is 3. The van der Waals surface area contributed by atoms with Gasteiger partial charge in [-0.1, -0.05) is 44.2 Å². The summed E-state index contributed by atoms with van der Waals surface area (Å²) < 4.78 is 26.6. The number of alkyl halides is 2. The standard InChI is InChI=1S/C12H19F2N3O2/c1-2-3-4-5-6-7-8-17-10(11(13)14)9(12(18)19)15-16-17/h11H,2-8H2,1H3,(H,18,19). The number of carboxylic acids is 1. The Morgan fingerprint density at radius 3 is 2.47 bits per heavy atom.